The first-order valence-electron chi connectivity index (χ1n) is 7.07. The summed E-state index contributed by atoms with van der Waals surface area (Å²) in [4.78, 5) is 0. The first kappa shape index (κ1) is 13.9. The zero-order valence-corrected chi connectivity index (χ0v) is 12.3. The number of benzene rings is 1. The Morgan fingerprint density at radius 2 is 2.05 bits per heavy atom. The van der Waals surface area contributed by atoms with E-state index in [2.05, 4.69) is 0 Å². The number of methoxy groups -OCH3 is 1. The van der Waals surface area contributed by atoms with E-state index in [1.165, 1.54) is 6.42 Å². The number of fused-ring (bicyclic) bond motifs is 1. The van der Waals surface area contributed by atoms with Gasteiger partial charge in [-0.2, -0.15) is 0 Å². The van der Waals surface area contributed by atoms with E-state index in [0.717, 1.165) is 31.1 Å². The van der Waals surface area contributed by atoms with Crippen LogP contribution < -0.4 is 0 Å². The predicted molar refractivity (Wildman–Crippen MR) is 79.0 cm³/mol. The van der Waals surface area contributed by atoms with Crippen LogP contribution in [0.5, 0.6) is 0 Å². The second-order valence-corrected chi connectivity index (χ2v) is 5.95. The zero-order chi connectivity index (χ0) is 14.2. The van der Waals surface area contributed by atoms with Crippen molar-refractivity contribution in [2.75, 3.05) is 7.11 Å². The molecule has 108 valence electrons. The molecular weight excluding hydrogens is 276 g/mol. The van der Waals surface area contributed by atoms with E-state index < -0.39 is 11.7 Å². The number of furan rings is 1. The Hall–Kier alpha value is -1.03. The topological polar surface area (TPSA) is 42.6 Å². The smallest absolute Gasteiger partial charge is 0.152 e. The van der Waals surface area contributed by atoms with Gasteiger partial charge in [0, 0.05) is 12.5 Å². The van der Waals surface area contributed by atoms with Crippen molar-refractivity contribution in [2.24, 2.45) is 0 Å². The Labute approximate surface area is 123 Å². The second kappa shape index (κ2) is 5.40. The van der Waals surface area contributed by atoms with Crippen LogP contribution in [0.25, 0.3) is 11.0 Å². The minimum absolute atomic E-state index is 0.529. The molecule has 1 unspecified atom stereocenters. The van der Waals surface area contributed by atoms with Crippen LogP contribution >= 0.6 is 11.6 Å². The van der Waals surface area contributed by atoms with Crippen molar-refractivity contribution < 1.29 is 14.3 Å². The Bertz CT molecular complexity index is 599. The third kappa shape index (κ3) is 2.24. The van der Waals surface area contributed by atoms with Gasteiger partial charge < -0.3 is 14.3 Å². The summed E-state index contributed by atoms with van der Waals surface area (Å²) in [5.41, 5.74) is 0.101. The average Bonchev–Trinajstić information content (AvgIpc) is 2.92. The molecule has 0 amide bonds. The molecule has 2 aromatic rings. The minimum atomic E-state index is -0.753. The first-order chi connectivity index (χ1) is 9.66. The van der Waals surface area contributed by atoms with E-state index in [0.29, 0.717) is 16.4 Å². The fourth-order valence-corrected chi connectivity index (χ4v) is 3.40. The lowest BCUT2D eigenvalue weighted by Gasteiger charge is -2.38. The summed E-state index contributed by atoms with van der Waals surface area (Å²) in [7, 11) is 1.67. The molecule has 1 saturated carbocycles. The molecule has 0 spiro atoms. The maximum atomic E-state index is 10.7. The molecule has 1 aromatic carbocycles. The maximum Gasteiger partial charge on any atom is 0.152 e. The molecule has 1 fully saturated rings. The molecule has 3 rings (SSSR count). The number of hydrogen-bond donors (Lipinski definition) is 1. The summed E-state index contributed by atoms with van der Waals surface area (Å²) in [5.74, 6) is 0.539. The minimum Gasteiger partial charge on any atom is -0.457 e. The van der Waals surface area contributed by atoms with Gasteiger partial charge in [-0.25, -0.2) is 0 Å². The molecule has 0 aliphatic heterocycles. The van der Waals surface area contributed by atoms with Crippen molar-refractivity contribution in [3.05, 3.63) is 35.0 Å². The van der Waals surface area contributed by atoms with Gasteiger partial charge in [0.15, 0.2) is 5.58 Å². The fraction of sp³-hybridized carbons (Fsp3) is 0.500. The van der Waals surface area contributed by atoms with Crippen molar-refractivity contribution in [2.45, 2.75) is 43.8 Å². The van der Waals surface area contributed by atoms with Gasteiger partial charge in [-0.15, -0.1) is 0 Å². The van der Waals surface area contributed by atoms with Crippen molar-refractivity contribution >= 4 is 22.6 Å². The van der Waals surface area contributed by atoms with Crippen LogP contribution in [0.2, 0.25) is 5.02 Å². The second-order valence-electron chi connectivity index (χ2n) is 5.54. The number of para-hydroxylation sites is 1. The van der Waals surface area contributed by atoms with E-state index in [9.17, 15) is 5.11 Å². The van der Waals surface area contributed by atoms with Crippen LogP contribution in [0.3, 0.4) is 0 Å². The number of hydrogen-bond acceptors (Lipinski definition) is 3. The van der Waals surface area contributed by atoms with Crippen molar-refractivity contribution in [1.29, 1.82) is 0 Å². The van der Waals surface area contributed by atoms with Crippen LogP contribution in [0.15, 0.2) is 28.7 Å². The van der Waals surface area contributed by atoms with Gasteiger partial charge in [0.2, 0.25) is 0 Å². The highest BCUT2D eigenvalue weighted by atomic mass is 35.5. The van der Waals surface area contributed by atoms with Gasteiger partial charge in [-0.3, -0.25) is 0 Å². The molecule has 1 aliphatic carbocycles. The first-order valence-corrected chi connectivity index (χ1v) is 7.45. The molecule has 1 aromatic heterocycles. The van der Waals surface area contributed by atoms with E-state index in [4.69, 9.17) is 20.8 Å². The molecular formula is C16H19ClO3. The molecule has 4 heteroatoms. The summed E-state index contributed by atoms with van der Waals surface area (Å²) < 4.78 is 11.5. The predicted octanol–water partition coefficient (Wildman–Crippen LogP) is 4.47. The molecule has 0 saturated heterocycles. The van der Waals surface area contributed by atoms with Crippen molar-refractivity contribution in [3.8, 4) is 0 Å². The number of rotatable bonds is 3. The van der Waals surface area contributed by atoms with Crippen molar-refractivity contribution in [1.82, 2.24) is 0 Å². The Balaban J connectivity index is 1.98. The molecule has 1 atom stereocenters. The highest BCUT2D eigenvalue weighted by Crippen LogP contribution is 2.42. The molecule has 1 N–H and O–H groups in total. The van der Waals surface area contributed by atoms with Gasteiger partial charge in [-0.1, -0.05) is 43.0 Å². The van der Waals surface area contributed by atoms with E-state index in [-0.39, 0.29) is 0 Å². The van der Waals surface area contributed by atoms with Crippen molar-refractivity contribution in [3.63, 3.8) is 0 Å². The van der Waals surface area contributed by atoms with E-state index in [1.54, 1.807) is 13.2 Å². The summed E-state index contributed by atoms with van der Waals surface area (Å²) in [6.07, 6.45) is 4.31. The van der Waals surface area contributed by atoms with Crippen LogP contribution in [-0.4, -0.2) is 17.8 Å². The number of ether oxygens (including phenoxy) is 1. The average molecular weight is 295 g/mol. The summed E-state index contributed by atoms with van der Waals surface area (Å²) >= 11 is 6.12. The highest BCUT2D eigenvalue weighted by Gasteiger charge is 2.41. The molecule has 3 nitrogen and oxygen atoms in total. The number of halogens is 1. The summed E-state index contributed by atoms with van der Waals surface area (Å²) in [6.45, 7) is 0. The van der Waals surface area contributed by atoms with E-state index >= 15 is 0 Å². The molecule has 20 heavy (non-hydrogen) atoms. The summed E-state index contributed by atoms with van der Waals surface area (Å²) in [5, 5.41) is 12.2. The standard InChI is InChI=1S/C16H19ClO3/c1-19-16(8-3-2-4-9-16)15(18)13-10-11-6-5-7-12(17)14(11)20-13/h5-7,10,15,18H,2-4,8-9H2,1H3. The highest BCUT2D eigenvalue weighted by molar-refractivity contribution is 6.34. The van der Waals surface area contributed by atoms with Gasteiger partial charge in [0.25, 0.3) is 0 Å². The van der Waals surface area contributed by atoms with E-state index in [1.807, 2.05) is 18.2 Å². The lowest BCUT2D eigenvalue weighted by Crippen LogP contribution is -2.40. The normalized spacial score (nSPS) is 20.1. The molecule has 0 radical (unpaired) electrons. The van der Waals surface area contributed by atoms with Crippen LogP contribution in [0.1, 0.15) is 44.0 Å². The number of aliphatic hydroxyl groups excluding tert-OH is 1. The quantitative estimate of drug-likeness (QED) is 0.908. The SMILES string of the molecule is COC1(C(O)c2cc3cccc(Cl)c3o2)CCCCC1. The van der Waals surface area contributed by atoms with Gasteiger partial charge in [0.1, 0.15) is 17.5 Å². The fourth-order valence-electron chi connectivity index (χ4n) is 3.18. The monoisotopic (exact) mass is 294 g/mol. The molecule has 0 bridgehead atoms. The van der Waals surface area contributed by atoms with Gasteiger partial charge in [-0.05, 0) is 25.0 Å². The zero-order valence-electron chi connectivity index (χ0n) is 11.6. The molecule has 1 heterocycles. The molecule has 1 aliphatic rings. The Morgan fingerprint density at radius 3 is 2.70 bits per heavy atom. The third-order valence-corrected chi connectivity index (χ3v) is 4.69. The Kier molecular flexibility index (Phi) is 3.76. The largest absolute Gasteiger partial charge is 0.457 e. The van der Waals surface area contributed by atoms with Gasteiger partial charge in [0.05, 0.1) is 5.02 Å². The van der Waals surface area contributed by atoms with Crippen LogP contribution in [0.4, 0.5) is 0 Å². The van der Waals surface area contributed by atoms with Crippen LogP contribution in [0, 0.1) is 0 Å². The van der Waals surface area contributed by atoms with Crippen LogP contribution in [-0.2, 0) is 4.74 Å². The Morgan fingerprint density at radius 1 is 1.30 bits per heavy atom. The summed E-state index contributed by atoms with van der Waals surface area (Å²) in [6, 6.07) is 7.46. The lowest BCUT2D eigenvalue weighted by molar-refractivity contribution is -0.131. The maximum absolute atomic E-state index is 10.7. The number of aliphatic hydroxyl groups is 1. The third-order valence-electron chi connectivity index (χ3n) is 4.39. The lowest BCUT2D eigenvalue weighted by atomic mass is 9.79. The van der Waals surface area contributed by atoms with Gasteiger partial charge >= 0.3 is 0 Å².